The lowest BCUT2D eigenvalue weighted by atomic mass is 10.5. The second kappa shape index (κ2) is 3.53. The van der Waals surface area contributed by atoms with E-state index in [-0.39, 0.29) is 0 Å². The summed E-state index contributed by atoms with van der Waals surface area (Å²) in [4.78, 5) is 4.28. The number of aromatic nitrogens is 3. The van der Waals surface area contributed by atoms with Gasteiger partial charge in [0.15, 0.2) is 11.5 Å². The van der Waals surface area contributed by atoms with Crippen molar-refractivity contribution in [2.24, 2.45) is 0 Å². The van der Waals surface area contributed by atoms with Gasteiger partial charge >= 0.3 is 0 Å². The highest BCUT2D eigenvalue weighted by Gasteiger charge is 2.00. The van der Waals surface area contributed by atoms with Gasteiger partial charge in [-0.2, -0.15) is 0 Å². The van der Waals surface area contributed by atoms with Crippen LogP contribution in [0.25, 0.3) is 5.65 Å². The minimum Gasteiger partial charge on any atom is -0.374 e. The first-order chi connectivity index (χ1) is 6.40. The maximum absolute atomic E-state index is 5.21. The lowest BCUT2D eigenvalue weighted by Gasteiger charge is -1.92. The largest absolute Gasteiger partial charge is 0.374 e. The zero-order chi connectivity index (χ0) is 9.10. The number of pyridine rings is 1. The average Bonchev–Trinajstić information content (AvgIpc) is 2.57. The number of hydrogen-bond acceptors (Lipinski definition) is 3. The van der Waals surface area contributed by atoms with Crippen molar-refractivity contribution in [3.8, 4) is 0 Å². The molecule has 0 N–H and O–H groups in total. The highest BCUT2D eigenvalue weighted by atomic mass is 16.5. The molecule has 0 aliphatic carbocycles. The Morgan fingerprint density at radius 1 is 1.46 bits per heavy atom. The molecule has 0 aromatic carbocycles. The van der Waals surface area contributed by atoms with Gasteiger partial charge in [-0.25, -0.2) is 9.50 Å². The highest BCUT2D eigenvalue weighted by molar-refractivity contribution is 5.36. The third kappa shape index (κ3) is 1.67. The maximum Gasteiger partial charge on any atom is 0.177 e. The second-order valence-electron chi connectivity index (χ2n) is 2.67. The van der Waals surface area contributed by atoms with Crippen molar-refractivity contribution in [1.82, 2.24) is 14.6 Å². The van der Waals surface area contributed by atoms with Crippen LogP contribution in [0.5, 0.6) is 0 Å². The average molecular weight is 177 g/mol. The Kier molecular flexibility index (Phi) is 2.23. The molecular formula is C9H11N3O. The fourth-order valence-electron chi connectivity index (χ4n) is 1.13. The summed E-state index contributed by atoms with van der Waals surface area (Å²) in [6.45, 7) is 3.13. The summed E-state index contributed by atoms with van der Waals surface area (Å²) in [5.74, 6) is 0.730. The molecule has 0 atom stereocenters. The Labute approximate surface area is 76.2 Å². The summed E-state index contributed by atoms with van der Waals surface area (Å²) >= 11 is 0. The Morgan fingerprint density at radius 3 is 3.15 bits per heavy atom. The molecule has 4 heteroatoms. The molecule has 0 bridgehead atoms. The lowest BCUT2D eigenvalue weighted by molar-refractivity contribution is 0.128. The van der Waals surface area contributed by atoms with Crippen LogP contribution in [0.4, 0.5) is 0 Å². The molecule has 0 fully saturated rings. The van der Waals surface area contributed by atoms with Crippen LogP contribution < -0.4 is 0 Å². The van der Waals surface area contributed by atoms with Crippen LogP contribution in [0, 0.1) is 0 Å². The van der Waals surface area contributed by atoms with Crippen LogP contribution in [-0.4, -0.2) is 21.2 Å². The van der Waals surface area contributed by atoms with Gasteiger partial charge in [-0.05, 0) is 19.1 Å². The van der Waals surface area contributed by atoms with Crippen LogP contribution >= 0.6 is 0 Å². The van der Waals surface area contributed by atoms with E-state index in [9.17, 15) is 0 Å². The standard InChI is InChI=1S/C9H11N3O/c1-2-13-7-8-10-9-5-3-4-6-12(9)11-8/h3-6H,2,7H2,1H3. The van der Waals surface area contributed by atoms with E-state index in [0.29, 0.717) is 13.2 Å². The van der Waals surface area contributed by atoms with Crippen molar-refractivity contribution in [2.75, 3.05) is 6.61 Å². The van der Waals surface area contributed by atoms with Gasteiger partial charge in [-0.1, -0.05) is 6.07 Å². The van der Waals surface area contributed by atoms with Crippen molar-refractivity contribution >= 4 is 5.65 Å². The number of rotatable bonds is 3. The van der Waals surface area contributed by atoms with Crippen LogP contribution in [0.2, 0.25) is 0 Å². The molecule has 13 heavy (non-hydrogen) atoms. The number of fused-ring (bicyclic) bond motifs is 1. The van der Waals surface area contributed by atoms with Crippen LogP contribution in [-0.2, 0) is 11.3 Å². The Morgan fingerprint density at radius 2 is 2.38 bits per heavy atom. The topological polar surface area (TPSA) is 39.4 Å². The zero-order valence-electron chi connectivity index (χ0n) is 7.47. The Bertz CT molecular complexity index is 363. The fraction of sp³-hybridized carbons (Fsp3) is 0.333. The molecule has 0 radical (unpaired) electrons. The van der Waals surface area contributed by atoms with Crippen molar-refractivity contribution < 1.29 is 4.74 Å². The third-order valence-electron chi connectivity index (χ3n) is 1.72. The summed E-state index contributed by atoms with van der Waals surface area (Å²) in [7, 11) is 0. The summed E-state index contributed by atoms with van der Waals surface area (Å²) in [6.07, 6.45) is 1.87. The van der Waals surface area contributed by atoms with Crippen LogP contribution in [0.15, 0.2) is 24.4 Å². The first kappa shape index (κ1) is 8.19. The van der Waals surface area contributed by atoms with Crippen LogP contribution in [0.1, 0.15) is 12.7 Å². The summed E-state index contributed by atoms with van der Waals surface area (Å²) < 4.78 is 6.96. The molecule has 0 amide bonds. The molecule has 4 nitrogen and oxygen atoms in total. The van der Waals surface area contributed by atoms with Crippen molar-refractivity contribution in [3.63, 3.8) is 0 Å². The van der Waals surface area contributed by atoms with E-state index in [1.165, 1.54) is 0 Å². The molecule has 0 aliphatic heterocycles. The summed E-state index contributed by atoms with van der Waals surface area (Å²) in [5, 5.41) is 4.23. The molecule has 0 saturated carbocycles. The van der Waals surface area contributed by atoms with Gasteiger partial charge in [-0.3, -0.25) is 0 Å². The van der Waals surface area contributed by atoms with Crippen LogP contribution in [0.3, 0.4) is 0 Å². The quantitative estimate of drug-likeness (QED) is 0.708. The van der Waals surface area contributed by atoms with Gasteiger partial charge in [-0.15, -0.1) is 5.10 Å². The normalized spacial score (nSPS) is 10.8. The molecular weight excluding hydrogens is 166 g/mol. The van der Waals surface area contributed by atoms with E-state index in [0.717, 1.165) is 11.5 Å². The molecule has 0 spiro atoms. The van der Waals surface area contributed by atoms with Gasteiger partial charge in [0.25, 0.3) is 0 Å². The summed E-state index contributed by atoms with van der Waals surface area (Å²) in [6, 6.07) is 5.78. The molecule has 0 aliphatic rings. The van der Waals surface area contributed by atoms with Crippen molar-refractivity contribution in [2.45, 2.75) is 13.5 Å². The van der Waals surface area contributed by atoms with E-state index in [2.05, 4.69) is 10.1 Å². The van der Waals surface area contributed by atoms with E-state index in [1.54, 1.807) is 4.52 Å². The van der Waals surface area contributed by atoms with E-state index in [4.69, 9.17) is 4.74 Å². The molecule has 0 unspecified atom stereocenters. The van der Waals surface area contributed by atoms with E-state index < -0.39 is 0 Å². The highest BCUT2D eigenvalue weighted by Crippen LogP contribution is 2.00. The Hall–Kier alpha value is -1.42. The predicted octanol–water partition coefficient (Wildman–Crippen LogP) is 1.27. The molecule has 2 aromatic rings. The van der Waals surface area contributed by atoms with E-state index in [1.807, 2.05) is 31.3 Å². The minimum atomic E-state index is 0.484. The molecule has 2 aromatic heterocycles. The van der Waals surface area contributed by atoms with Gasteiger partial charge in [0.1, 0.15) is 6.61 Å². The van der Waals surface area contributed by atoms with E-state index >= 15 is 0 Å². The first-order valence-corrected chi connectivity index (χ1v) is 4.28. The Balaban J connectivity index is 2.28. The SMILES string of the molecule is CCOCc1nc2ccccn2n1. The predicted molar refractivity (Wildman–Crippen MR) is 48.3 cm³/mol. The third-order valence-corrected chi connectivity index (χ3v) is 1.72. The summed E-state index contributed by atoms with van der Waals surface area (Å²) in [5.41, 5.74) is 0.859. The molecule has 0 saturated heterocycles. The second-order valence-corrected chi connectivity index (χ2v) is 2.67. The number of ether oxygens (including phenoxy) is 1. The maximum atomic E-state index is 5.21. The number of nitrogens with zero attached hydrogens (tertiary/aromatic N) is 3. The smallest absolute Gasteiger partial charge is 0.177 e. The molecule has 2 heterocycles. The van der Waals surface area contributed by atoms with Gasteiger partial charge < -0.3 is 4.74 Å². The fourth-order valence-corrected chi connectivity index (χ4v) is 1.13. The van der Waals surface area contributed by atoms with Gasteiger partial charge in [0.2, 0.25) is 0 Å². The minimum absolute atomic E-state index is 0.484. The number of hydrogen-bond donors (Lipinski definition) is 0. The van der Waals surface area contributed by atoms with Crippen molar-refractivity contribution in [1.29, 1.82) is 0 Å². The van der Waals surface area contributed by atoms with Crippen molar-refractivity contribution in [3.05, 3.63) is 30.2 Å². The monoisotopic (exact) mass is 177 g/mol. The zero-order valence-corrected chi connectivity index (χ0v) is 7.47. The van der Waals surface area contributed by atoms with Gasteiger partial charge in [0.05, 0.1) is 0 Å². The molecule has 2 rings (SSSR count). The lowest BCUT2D eigenvalue weighted by Crippen LogP contribution is -1.94. The van der Waals surface area contributed by atoms with Gasteiger partial charge in [0, 0.05) is 12.8 Å². The first-order valence-electron chi connectivity index (χ1n) is 4.28. The molecule has 68 valence electrons.